The van der Waals surface area contributed by atoms with E-state index in [1.54, 1.807) is 0 Å². The van der Waals surface area contributed by atoms with Crippen LogP contribution in [0, 0.1) is 5.92 Å². The van der Waals surface area contributed by atoms with Gasteiger partial charge >= 0.3 is 5.97 Å². The molecule has 0 saturated carbocycles. The topological polar surface area (TPSA) is 55.4 Å². The van der Waals surface area contributed by atoms with Crippen LogP contribution < -0.4 is 5.32 Å². The lowest BCUT2D eigenvalue weighted by Gasteiger charge is -2.19. The molecule has 0 bridgehead atoms. The minimum Gasteiger partial charge on any atom is -0.467 e. The highest BCUT2D eigenvalue weighted by Crippen LogP contribution is 2.05. The van der Waals surface area contributed by atoms with E-state index in [0.29, 0.717) is 6.42 Å². The molecular weight excluding hydrogens is 206 g/mol. The van der Waals surface area contributed by atoms with Gasteiger partial charge < -0.3 is 10.1 Å². The van der Waals surface area contributed by atoms with Gasteiger partial charge in [0.15, 0.2) is 0 Å². The third-order valence-corrected chi connectivity index (χ3v) is 2.45. The van der Waals surface area contributed by atoms with Crippen molar-refractivity contribution in [1.82, 2.24) is 5.32 Å². The highest BCUT2D eigenvalue weighted by atomic mass is 16.5. The Morgan fingerprint density at radius 3 is 2.31 bits per heavy atom. The average molecular weight is 229 g/mol. The van der Waals surface area contributed by atoms with E-state index in [1.165, 1.54) is 7.11 Å². The van der Waals surface area contributed by atoms with Crippen LogP contribution in [0.25, 0.3) is 0 Å². The molecule has 0 aliphatic rings. The quantitative estimate of drug-likeness (QED) is 0.535. The van der Waals surface area contributed by atoms with E-state index in [-0.39, 0.29) is 17.8 Å². The van der Waals surface area contributed by atoms with Crippen LogP contribution in [0.3, 0.4) is 0 Å². The predicted octanol–water partition coefficient (Wildman–Crippen LogP) is 1.88. The first-order valence-electron chi connectivity index (χ1n) is 5.90. The third kappa shape index (κ3) is 5.73. The Hall–Kier alpha value is -1.06. The molecule has 0 aliphatic heterocycles. The number of rotatable bonds is 7. The maximum atomic E-state index is 11.5. The largest absolute Gasteiger partial charge is 0.467 e. The van der Waals surface area contributed by atoms with Gasteiger partial charge in [-0.05, 0) is 12.3 Å². The van der Waals surface area contributed by atoms with Gasteiger partial charge in [-0.15, -0.1) is 0 Å². The minimum absolute atomic E-state index is 0.0441. The summed E-state index contributed by atoms with van der Waals surface area (Å²) in [6, 6.07) is -0.529. The number of unbranched alkanes of at least 4 members (excludes halogenated alkanes) is 2. The molecule has 0 aromatic carbocycles. The van der Waals surface area contributed by atoms with Crippen molar-refractivity contribution in [1.29, 1.82) is 0 Å². The van der Waals surface area contributed by atoms with Crippen molar-refractivity contribution in [3.63, 3.8) is 0 Å². The van der Waals surface area contributed by atoms with E-state index in [0.717, 1.165) is 19.3 Å². The standard InChI is InChI=1S/C12H23NO3/c1-5-6-7-8-10(14)13-11(9(2)3)12(15)16-4/h9,11H,5-8H2,1-4H3,(H,13,14)/t11-/m0/s1. The monoisotopic (exact) mass is 229 g/mol. The van der Waals surface area contributed by atoms with Crippen molar-refractivity contribution in [2.24, 2.45) is 5.92 Å². The Balaban J connectivity index is 4.09. The van der Waals surface area contributed by atoms with E-state index in [2.05, 4.69) is 17.0 Å². The fourth-order valence-electron chi connectivity index (χ4n) is 1.41. The normalized spacial score (nSPS) is 12.3. The number of esters is 1. The molecule has 4 heteroatoms. The van der Waals surface area contributed by atoms with Gasteiger partial charge in [0.1, 0.15) is 6.04 Å². The minimum atomic E-state index is -0.529. The second kappa shape index (κ2) is 8.13. The number of methoxy groups -OCH3 is 1. The summed E-state index contributed by atoms with van der Waals surface area (Å²) in [6.45, 7) is 5.85. The Morgan fingerprint density at radius 1 is 1.25 bits per heavy atom. The van der Waals surface area contributed by atoms with Crippen LogP contribution in [0.5, 0.6) is 0 Å². The van der Waals surface area contributed by atoms with Gasteiger partial charge in [0, 0.05) is 6.42 Å². The van der Waals surface area contributed by atoms with Crippen molar-refractivity contribution in [2.75, 3.05) is 7.11 Å². The molecule has 4 nitrogen and oxygen atoms in total. The zero-order valence-electron chi connectivity index (χ0n) is 10.7. The molecule has 0 heterocycles. The number of carbonyl (C=O) groups is 2. The van der Waals surface area contributed by atoms with Gasteiger partial charge in [0.25, 0.3) is 0 Å². The second-order valence-corrected chi connectivity index (χ2v) is 4.27. The first-order valence-corrected chi connectivity index (χ1v) is 5.90. The van der Waals surface area contributed by atoms with Crippen LogP contribution in [-0.4, -0.2) is 25.0 Å². The molecular formula is C12H23NO3. The Labute approximate surface area is 97.7 Å². The van der Waals surface area contributed by atoms with Crippen molar-refractivity contribution in [3.05, 3.63) is 0 Å². The number of hydrogen-bond donors (Lipinski definition) is 1. The van der Waals surface area contributed by atoms with Gasteiger partial charge in [-0.25, -0.2) is 4.79 Å². The second-order valence-electron chi connectivity index (χ2n) is 4.27. The summed E-state index contributed by atoms with van der Waals surface area (Å²) in [5, 5.41) is 2.71. The fourth-order valence-corrected chi connectivity index (χ4v) is 1.41. The van der Waals surface area contributed by atoms with E-state index >= 15 is 0 Å². The molecule has 0 aliphatic carbocycles. The molecule has 16 heavy (non-hydrogen) atoms. The summed E-state index contributed by atoms with van der Waals surface area (Å²) in [6.07, 6.45) is 3.47. The lowest BCUT2D eigenvalue weighted by atomic mass is 10.0. The summed E-state index contributed by atoms with van der Waals surface area (Å²) in [7, 11) is 1.33. The number of ether oxygens (including phenoxy) is 1. The van der Waals surface area contributed by atoms with Crippen LogP contribution in [0.2, 0.25) is 0 Å². The summed E-state index contributed by atoms with van der Waals surface area (Å²) in [5.41, 5.74) is 0. The maximum absolute atomic E-state index is 11.5. The van der Waals surface area contributed by atoms with Crippen molar-refractivity contribution in [2.45, 2.75) is 52.5 Å². The zero-order chi connectivity index (χ0) is 12.6. The highest BCUT2D eigenvalue weighted by Gasteiger charge is 2.24. The zero-order valence-corrected chi connectivity index (χ0v) is 10.7. The predicted molar refractivity (Wildman–Crippen MR) is 62.9 cm³/mol. The average Bonchev–Trinajstić information content (AvgIpc) is 2.25. The lowest BCUT2D eigenvalue weighted by Crippen LogP contribution is -2.44. The first kappa shape index (κ1) is 14.9. The van der Waals surface area contributed by atoms with E-state index in [1.807, 2.05) is 13.8 Å². The number of hydrogen-bond acceptors (Lipinski definition) is 3. The van der Waals surface area contributed by atoms with Crippen LogP contribution in [0.4, 0.5) is 0 Å². The molecule has 0 spiro atoms. The molecule has 0 rings (SSSR count). The molecule has 0 aromatic rings. The summed E-state index contributed by atoms with van der Waals surface area (Å²) in [5.74, 6) is -0.404. The van der Waals surface area contributed by atoms with Crippen LogP contribution in [0.1, 0.15) is 46.5 Å². The Morgan fingerprint density at radius 2 is 1.88 bits per heavy atom. The smallest absolute Gasteiger partial charge is 0.328 e. The van der Waals surface area contributed by atoms with Crippen LogP contribution in [0.15, 0.2) is 0 Å². The van der Waals surface area contributed by atoms with Crippen molar-refractivity contribution < 1.29 is 14.3 Å². The molecule has 0 saturated heterocycles. The fraction of sp³-hybridized carbons (Fsp3) is 0.833. The first-order chi connectivity index (χ1) is 7.52. The van der Waals surface area contributed by atoms with Crippen molar-refractivity contribution >= 4 is 11.9 Å². The molecule has 94 valence electrons. The Kier molecular flexibility index (Phi) is 7.60. The summed E-state index contributed by atoms with van der Waals surface area (Å²) in [4.78, 5) is 22.9. The molecule has 1 atom stereocenters. The van der Waals surface area contributed by atoms with Gasteiger partial charge in [-0.1, -0.05) is 33.6 Å². The molecule has 1 amide bonds. The molecule has 0 fully saturated rings. The van der Waals surface area contributed by atoms with E-state index in [9.17, 15) is 9.59 Å². The summed E-state index contributed by atoms with van der Waals surface area (Å²) < 4.78 is 4.65. The van der Waals surface area contributed by atoms with Gasteiger partial charge in [-0.2, -0.15) is 0 Å². The number of carbonyl (C=O) groups excluding carboxylic acids is 2. The third-order valence-electron chi connectivity index (χ3n) is 2.45. The molecule has 1 N–H and O–H groups in total. The molecule has 0 aromatic heterocycles. The van der Waals surface area contributed by atoms with Gasteiger partial charge in [0.2, 0.25) is 5.91 Å². The van der Waals surface area contributed by atoms with E-state index in [4.69, 9.17) is 0 Å². The number of amides is 1. The Bertz CT molecular complexity index is 226. The van der Waals surface area contributed by atoms with Gasteiger partial charge in [-0.3, -0.25) is 4.79 Å². The summed E-state index contributed by atoms with van der Waals surface area (Å²) >= 11 is 0. The van der Waals surface area contributed by atoms with Crippen LogP contribution >= 0.6 is 0 Å². The van der Waals surface area contributed by atoms with E-state index < -0.39 is 6.04 Å². The number of nitrogens with one attached hydrogen (secondary N) is 1. The molecule has 0 unspecified atom stereocenters. The van der Waals surface area contributed by atoms with Crippen LogP contribution in [-0.2, 0) is 14.3 Å². The lowest BCUT2D eigenvalue weighted by molar-refractivity contribution is -0.146. The maximum Gasteiger partial charge on any atom is 0.328 e. The van der Waals surface area contributed by atoms with Gasteiger partial charge in [0.05, 0.1) is 7.11 Å². The highest BCUT2D eigenvalue weighted by molar-refractivity contribution is 5.84. The molecule has 0 radical (unpaired) electrons. The van der Waals surface area contributed by atoms with Crippen molar-refractivity contribution in [3.8, 4) is 0 Å². The SMILES string of the molecule is CCCCCC(=O)N[C@H](C(=O)OC)C(C)C.